The summed E-state index contributed by atoms with van der Waals surface area (Å²) in [6.07, 6.45) is 0. The fraction of sp³-hybridized carbons (Fsp3) is 0.143. The molecule has 70 valence electrons. The number of benzene rings is 1. The minimum absolute atomic E-state index is 0. The molecular formula is C7H11F3OZr. The first kappa shape index (κ1) is 22.6. The van der Waals surface area contributed by atoms with Crippen molar-refractivity contribution in [3.8, 4) is 0 Å². The largest absolute Gasteiger partial charge is 0.392 e. The average Bonchev–Trinajstić information content (AvgIpc) is 1.90. The fourth-order valence-corrected chi connectivity index (χ4v) is 0.583. The Balaban J connectivity index is -0.0000000800. The molecule has 0 heterocycles. The van der Waals surface area contributed by atoms with Crippen molar-refractivity contribution in [2.45, 2.75) is 6.61 Å². The summed E-state index contributed by atoms with van der Waals surface area (Å²) in [5, 5.41) is 8.54. The first-order valence-electron chi connectivity index (χ1n) is 2.58. The van der Waals surface area contributed by atoms with Crippen LogP contribution in [0.1, 0.15) is 5.56 Å². The van der Waals surface area contributed by atoms with Crippen LogP contribution in [-0.4, -0.2) is 5.11 Å². The zero-order chi connectivity index (χ0) is 5.82. The molecule has 5 heteroatoms. The number of rotatable bonds is 1. The van der Waals surface area contributed by atoms with Crippen LogP contribution in [0.25, 0.3) is 0 Å². The SMILES string of the molecule is F.F.F.OCc1ccccc1.[Zr]. The van der Waals surface area contributed by atoms with Crippen LogP contribution in [0.3, 0.4) is 0 Å². The maximum absolute atomic E-state index is 8.54. The third-order valence-corrected chi connectivity index (χ3v) is 1.03. The third-order valence-electron chi connectivity index (χ3n) is 1.03. The zero-order valence-corrected chi connectivity index (χ0v) is 8.72. The molecule has 0 aliphatic heterocycles. The minimum atomic E-state index is 0. The maximum Gasteiger partial charge on any atom is 0.0681 e. The van der Waals surface area contributed by atoms with Crippen molar-refractivity contribution in [3.63, 3.8) is 0 Å². The van der Waals surface area contributed by atoms with Crippen LogP contribution in [0.4, 0.5) is 14.1 Å². The van der Waals surface area contributed by atoms with E-state index in [2.05, 4.69) is 0 Å². The molecule has 0 saturated heterocycles. The first-order valence-corrected chi connectivity index (χ1v) is 2.58. The van der Waals surface area contributed by atoms with Gasteiger partial charge in [0.25, 0.3) is 0 Å². The second kappa shape index (κ2) is 13.4. The van der Waals surface area contributed by atoms with Crippen molar-refractivity contribution in [2.24, 2.45) is 0 Å². The van der Waals surface area contributed by atoms with E-state index in [4.69, 9.17) is 5.11 Å². The Bertz CT molecular complexity index is 160. The average molecular weight is 259 g/mol. The Kier molecular flexibility index (Phi) is 25.4. The van der Waals surface area contributed by atoms with Gasteiger partial charge in [-0.05, 0) is 5.56 Å². The summed E-state index contributed by atoms with van der Waals surface area (Å²) < 4.78 is 0. The summed E-state index contributed by atoms with van der Waals surface area (Å²) in [5.41, 5.74) is 0.965. The summed E-state index contributed by atoms with van der Waals surface area (Å²) >= 11 is 0. The Morgan fingerprint density at radius 1 is 0.917 bits per heavy atom. The molecule has 0 unspecified atom stereocenters. The summed E-state index contributed by atoms with van der Waals surface area (Å²) in [5.74, 6) is 0. The van der Waals surface area contributed by atoms with E-state index in [0.29, 0.717) is 0 Å². The normalized spacial score (nSPS) is 6.08. The molecule has 0 aliphatic carbocycles. The van der Waals surface area contributed by atoms with Crippen molar-refractivity contribution < 1.29 is 45.4 Å². The van der Waals surface area contributed by atoms with Crippen molar-refractivity contribution in [2.75, 3.05) is 0 Å². The van der Waals surface area contributed by atoms with E-state index >= 15 is 0 Å². The van der Waals surface area contributed by atoms with E-state index < -0.39 is 0 Å². The van der Waals surface area contributed by atoms with E-state index in [1.54, 1.807) is 0 Å². The van der Waals surface area contributed by atoms with Gasteiger partial charge in [-0.15, -0.1) is 0 Å². The smallest absolute Gasteiger partial charge is 0.0681 e. The van der Waals surface area contributed by atoms with Gasteiger partial charge in [0.15, 0.2) is 0 Å². The molecule has 0 aliphatic rings. The molecule has 12 heavy (non-hydrogen) atoms. The Hall–Kier alpha value is -0.147. The number of halogens is 3. The van der Waals surface area contributed by atoms with Crippen LogP contribution in [0, 0.1) is 0 Å². The summed E-state index contributed by atoms with van der Waals surface area (Å²) in [6, 6.07) is 9.52. The first-order chi connectivity index (χ1) is 3.93. The topological polar surface area (TPSA) is 20.2 Å². The van der Waals surface area contributed by atoms with E-state index in [-0.39, 0.29) is 46.9 Å². The molecule has 1 nitrogen and oxygen atoms in total. The van der Waals surface area contributed by atoms with Crippen molar-refractivity contribution in [1.82, 2.24) is 0 Å². The Morgan fingerprint density at radius 3 is 1.58 bits per heavy atom. The van der Waals surface area contributed by atoms with Gasteiger partial charge in [-0.25, -0.2) is 0 Å². The zero-order valence-electron chi connectivity index (χ0n) is 6.27. The molecule has 1 aromatic carbocycles. The Morgan fingerprint density at radius 2 is 1.33 bits per heavy atom. The predicted molar refractivity (Wildman–Crippen MR) is 39.9 cm³/mol. The second-order valence-corrected chi connectivity index (χ2v) is 1.64. The molecule has 0 aromatic heterocycles. The van der Waals surface area contributed by atoms with Crippen LogP contribution in [-0.2, 0) is 32.8 Å². The van der Waals surface area contributed by atoms with Gasteiger partial charge < -0.3 is 5.11 Å². The van der Waals surface area contributed by atoms with E-state index in [0.717, 1.165) is 5.56 Å². The standard InChI is InChI=1S/C7H8O.3FH.Zr/c8-6-7-4-2-1-3-5-7;;;;/h1-5,8H,6H2;3*1H;. The van der Waals surface area contributed by atoms with Gasteiger partial charge >= 0.3 is 0 Å². The molecule has 0 radical (unpaired) electrons. The van der Waals surface area contributed by atoms with Gasteiger partial charge in [-0.1, -0.05) is 30.3 Å². The minimum Gasteiger partial charge on any atom is -0.392 e. The molecule has 1 N–H and O–H groups in total. The van der Waals surface area contributed by atoms with E-state index in [1.165, 1.54) is 0 Å². The molecule has 1 rings (SSSR count). The van der Waals surface area contributed by atoms with E-state index in [1.807, 2.05) is 30.3 Å². The van der Waals surface area contributed by atoms with Crippen LogP contribution in [0.5, 0.6) is 0 Å². The molecule has 0 amide bonds. The molecule has 0 saturated carbocycles. The number of aliphatic hydroxyl groups is 1. The monoisotopic (exact) mass is 258 g/mol. The number of hydrogen-bond acceptors (Lipinski definition) is 1. The molecule has 1 aromatic rings. The molecule has 0 fully saturated rings. The Labute approximate surface area is 88.0 Å². The van der Waals surface area contributed by atoms with Crippen LogP contribution in [0.2, 0.25) is 0 Å². The fourth-order valence-electron chi connectivity index (χ4n) is 0.583. The number of aliphatic hydroxyl groups excluding tert-OH is 1. The van der Waals surface area contributed by atoms with Gasteiger partial charge in [0.05, 0.1) is 6.61 Å². The van der Waals surface area contributed by atoms with Gasteiger partial charge in [0.2, 0.25) is 0 Å². The summed E-state index contributed by atoms with van der Waals surface area (Å²) in [6.45, 7) is 0.140. The van der Waals surface area contributed by atoms with Gasteiger partial charge in [-0.2, -0.15) is 0 Å². The summed E-state index contributed by atoms with van der Waals surface area (Å²) in [4.78, 5) is 0. The molecule has 0 atom stereocenters. The van der Waals surface area contributed by atoms with Crippen LogP contribution in [0.15, 0.2) is 30.3 Å². The molecule has 0 bridgehead atoms. The van der Waals surface area contributed by atoms with E-state index in [9.17, 15) is 0 Å². The predicted octanol–water partition coefficient (Wildman–Crippen LogP) is 1.63. The molecule has 0 spiro atoms. The maximum atomic E-state index is 8.54. The van der Waals surface area contributed by atoms with Crippen molar-refractivity contribution in [1.29, 1.82) is 0 Å². The van der Waals surface area contributed by atoms with Gasteiger partial charge in [0.1, 0.15) is 0 Å². The number of hydrogen-bond donors (Lipinski definition) is 1. The van der Waals surface area contributed by atoms with Crippen molar-refractivity contribution >= 4 is 0 Å². The molecular weight excluding hydrogens is 248 g/mol. The second-order valence-electron chi connectivity index (χ2n) is 1.64. The van der Waals surface area contributed by atoms with Crippen LogP contribution >= 0.6 is 0 Å². The van der Waals surface area contributed by atoms with Crippen LogP contribution < -0.4 is 0 Å². The quantitative estimate of drug-likeness (QED) is 0.813. The van der Waals surface area contributed by atoms with Gasteiger partial charge in [0, 0.05) is 26.2 Å². The third kappa shape index (κ3) is 7.95. The van der Waals surface area contributed by atoms with Gasteiger partial charge in [-0.3, -0.25) is 14.1 Å². The van der Waals surface area contributed by atoms with Crippen molar-refractivity contribution in [3.05, 3.63) is 35.9 Å². The summed E-state index contributed by atoms with van der Waals surface area (Å²) in [7, 11) is 0.